The summed E-state index contributed by atoms with van der Waals surface area (Å²) in [4.78, 5) is 0. The van der Waals surface area contributed by atoms with E-state index in [0.29, 0.717) is 13.2 Å². The van der Waals surface area contributed by atoms with E-state index in [1.54, 1.807) is 13.3 Å². The number of anilines is 1. The van der Waals surface area contributed by atoms with E-state index < -0.39 is 0 Å². The van der Waals surface area contributed by atoms with E-state index >= 15 is 0 Å². The van der Waals surface area contributed by atoms with E-state index in [-0.39, 0.29) is 0 Å². The zero-order chi connectivity index (χ0) is 13.5. The Hall–Kier alpha value is -2.01. The molecule has 5 nitrogen and oxygen atoms in total. The summed E-state index contributed by atoms with van der Waals surface area (Å²) in [6.07, 6.45) is 1.80. The Bertz CT molecular complexity index is 494. The molecular weight excluding hydrogens is 242 g/mol. The van der Waals surface area contributed by atoms with E-state index in [1.165, 1.54) is 0 Å². The molecule has 0 aliphatic heterocycles. The fourth-order valence-corrected chi connectivity index (χ4v) is 1.68. The Kier molecular flexibility index (Phi) is 4.80. The molecule has 0 bridgehead atoms. The standard InChI is InChI=1S/C14H19N3O2/c1-17-13(7-8-16-17)11-15-12-3-5-14(6-4-12)19-10-9-18-2/h3-8,15H,9-11H2,1-2H3. The normalized spacial score (nSPS) is 10.4. The second kappa shape index (κ2) is 6.80. The van der Waals surface area contributed by atoms with Crippen molar-refractivity contribution in [2.24, 2.45) is 7.05 Å². The molecule has 0 saturated heterocycles. The maximum absolute atomic E-state index is 5.50. The molecule has 0 aliphatic carbocycles. The summed E-state index contributed by atoms with van der Waals surface area (Å²) in [6.45, 7) is 1.92. The first-order valence-corrected chi connectivity index (χ1v) is 6.22. The van der Waals surface area contributed by atoms with Crippen LogP contribution in [0.2, 0.25) is 0 Å². The van der Waals surface area contributed by atoms with E-state index in [9.17, 15) is 0 Å². The number of aryl methyl sites for hydroxylation is 1. The highest BCUT2D eigenvalue weighted by Gasteiger charge is 1.99. The van der Waals surface area contributed by atoms with Gasteiger partial charge in [0.05, 0.1) is 18.8 Å². The monoisotopic (exact) mass is 261 g/mol. The summed E-state index contributed by atoms with van der Waals surface area (Å²) in [5.74, 6) is 0.850. The number of methoxy groups -OCH3 is 1. The Labute approximate surface area is 113 Å². The van der Waals surface area contributed by atoms with Crippen LogP contribution in [0.1, 0.15) is 5.69 Å². The summed E-state index contributed by atoms with van der Waals surface area (Å²) in [6, 6.07) is 9.88. The quantitative estimate of drug-likeness (QED) is 0.775. The van der Waals surface area contributed by atoms with Crippen molar-refractivity contribution >= 4 is 5.69 Å². The summed E-state index contributed by atoms with van der Waals surface area (Å²) >= 11 is 0. The molecular formula is C14H19N3O2. The Morgan fingerprint density at radius 1 is 1.16 bits per heavy atom. The van der Waals surface area contributed by atoms with Crippen LogP contribution >= 0.6 is 0 Å². The van der Waals surface area contributed by atoms with Crippen LogP contribution in [0.3, 0.4) is 0 Å². The lowest BCUT2D eigenvalue weighted by Crippen LogP contribution is -2.06. The third-order valence-corrected chi connectivity index (χ3v) is 2.81. The molecule has 0 amide bonds. The molecule has 1 N–H and O–H groups in total. The largest absolute Gasteiger partial charge is 0.491 e. The van der Waals surface area contributed by atoms with E-state index in [4.69, 9.17) is 9.47 Å². The topological polar surface area (TPSA) is 48.3 Å². The number of aromatic nitrogens is 2. The summed E-state index contributed by atoms with van der Waals surface area (Å²) in [7, 11) is 3.60. The number of benzene rings is 1. The maximum atomic E-state index is 5.50. The minimum atomic E-state index is 0.568. The number of ether oxygens (including phenoxy) is 2. The van der Waals surface area contributed by atoms with Crippen LogP contribution in [0.15, 0.2) is 36.5 Å². The summed E-state index contributed by atoms with van der Waals surface area (Å²) in [5.41, 5.74) is 2.20. The van der Waals surface area contributed by atoms with Crippen LogP contribution in [0.4, 0.5) is 5.69 Å². The third kappa shape index (κ3) is 3.99. The molecule has 2 rings (SSSR count). The highest BCUT2D eigenvalue weighted by molar-refractivity contribution is 5.46. The van der Waals surface area contributed by atoms with Gasteiger partial charge in [-0.05, 0) is 30.3 Å². The molecule has 19 heavy (non-hydrogen) atoms. The number of hydrogen-bond donors (Lipinski definition) is 1. The van der Waals surface area contributed by atoms with Gasteiger partial charge in [0.1, 0.15) is 12.4 Å². The van der Waals surface area contributed by atoms with Gasteiger partial charge in [-0.25, -0.2) is 0 Å². The fraction of sp³-hybridized carbons (Fsp3) is 0.357. The maximum Gasteiger partial charge on any atom is 0.119 e. The molecule has 0 saturated carbocycles. The molecule has 1 heterocycles. The molecule has 0 unspecified atom stereocenters. The van der Waals surface area contributed by atoms with E-state index in [2.05, 4.69) is 10.4 Å². The lowest BCUT2D eigenvalue weighted by atomic mass is 10.3. The molecule has 1 aromatic heterocycles. The summed E-state index contributed by atoms with van der Waals surface area (Å²) in [5, 5.41) is 7.47. The van der Waals surface area contributed by atoms with Crippen LogP contribution in [-0.2, 0) is 18.3 Å². The van der Waals surface area contributed by atoms with Crippen molar-refractivity contribution < 1.29 is 9.47 Å². The van der Waals surface area contributed by atoms with Crippen molar-refractivity contribution in [2.45, 2.75) is 6.54 Å². The summed E-state index contributed by atoms with van der Waals surface area (Å²) < 4.78 is 12.3. The van der Waals surface area contributed by atoms with Gasteiger partial charge >= 0.3 is 0 Å². The molecule has 2 aromatic rings. The molecule has 0 radical (unpaired) electrons. The van der Waals surface area contributed by atoms with Crippen molar-refractivity contribution in [3.8, 4) is 5.75 Å². The first-order valence-electron chi connectivity index (χ1n) is 6.22. The second-order valence-corrected chi connectivity index (χ2v) is 4.17. The van der Waals surface area contributed by atoms with Crippen LogP contribution in [0.25, 0.3) is 0 Å². The van der Waals surface area contributed by atoms with Crippen LogP contribution in [0.5, 0.6) is 5.75 Å². The van der Waals surface area contributed by atoms with Crippen molar-refractivity contribution in [2.75, 3.05) is 25.6 Å². The average molecular weight is 261 g/mol. The van der Waals surface area contributed by atoms with Gasteiger partial charge in [-0.2, -0.15) is 5.10 Å². The average Bonchev–Trinajstić information content (AvgIpc) is 2.84. The molecule has 5 heteroatoms. The molecule has 0 spiro atoms. The van der Waals surface area contributed by atoms with Crippen molar-refractivity contribution in [1.29, 1.82) is 0 Å². The van der Waals surface area contributed by atoms with Gasteiger partial charge in [-0.3, -0.25) is 4.68 Å². The third-order valence-electron chi connectivity index (χ3n) is 2.81. The highest BCUT2D eigenvalue weighted by Crippen LogP contribution is 2.16. The molecule has 0 atom stereocenters. The second-order valence-electron chi connectivity index (χ2n) is 4.17. The van der Waals surface area contributed by atoms with Gasteiger partial charge in [0.2, 0.25) is 0 Å². The lowest BCUT2D eigenvalue weighted by molar-refractivity contribution is 0.146. The van der Waals surface area contributed by atoms with Gasteiger partial charge in [0, 0.05) is 26.0 Å². The zero-order valence-corrected chi connectivity index (χ0v) is 11.3. The SMILES string of the molecule is COCCOc1ccc(NCc2ccnn2C)cc1. The molecule has 0 fully saturated rings. The molecule has 1 aromatic carbocycles. The van der Waals surface area contributed by atoms with Crippen LogP contribution in [0, 0.1) is 0 Å². The first-order chi connectivity index (χ1) is 9.29. The lowest BCUT2D eigenvalue weighted by Gasteiger charge is -2.09. The zero-order valence-electron chi connectivity index (χ0n) is 11.3. The van der Waals surface area contributed by atoms with Gasteiger partial charge in [-0.1, -0.05) is 0 Å². The van der Waals surface area contributed by atoms with Crippen molar-refractivity contribution in [3.05, 3.63) is 42.2 Å². The Morgan fingerprint density at radius 3 is 2.58 bits per heavy atom. The predicted molar refractivity (Wildman–Crippen MR) is 74.3 cm³/mol. The van der Waals surface area contributed by atoms with Gasteiger partial charge in [0.15, 0.2) is 0 Å². The highest BCUT2D eigenvalue weighted by atomic mass is 16.5. The minimum absolute atomic E-state index is 0.568. The van der Waals surface area contributed by atoms with Crippen LogP contribution < -0.4 is 10.1 Å². The Morgan fingerprint density at radius 2 is 1.95 bits per heavy atom. The smallest absolute Gasteiger partial charge is 0.119 e. The van der Waals surface area contributed by atoms with Crippen molar-refractivity contribution in [3.63, 3.8) is 0 Å². The van der Waals surface area contributed by atoms with Crippen LogP contribution in [-0.4, -0.2) is 30.1 Å². The number of nitrogens with one attached hydrogen (secondary N) is 1. The number of nitrogens with zero attached hydrogens (tertiary/aromatic N) is 2. The number of hydrogen-bond acceptors (Lipinski definition) is 4. The van der Waals surface area contributed by atoms with Gasteiger partial charge < -0.3 is 14.8 Å². The minimum Gasteiger partial charge on any atom is -0.491 e. The predicted octanol–water partition coefficient (Wildman–Crippen LogP) is 2.06. The van der Waals surface area contributed by atoms with Gasteiger partial charge in [0.25, 0.3) is 0 Å². The van der Waals surface area contributed by atoms with E-state index in [1.807, 2.05) is 42.1 Å². The molecule has 0 aliphatic rings. The molecule has 102 valence electrons. The number of rotatable bonds is 7. The fourth-order valence-electron chi connectivity index (χ4n) is 1.68. The first kappa shape index (κ1) is 13.4. The van der Waals surface area contributed by atoms with Crippen molar-refractivity contribution in [1.82, 2.24) is 9.78 Å². The van der Waals surface area contributed by atoms with E-state index in [0.717, 1.165) is 23.7 Å². The Balaban J connectivity index is 1.83. The van der Waals surface area contributed by atoms with Gasteiger partial charge in [-0.15, -0.1) is 0 Å².